The number of thiocarbonyl (C=S) groups is 1. The van der Waals surface area contributed by atoms with E-state index in [-0.39, 0.29) is 10.8 Å². The third kappa shape index (κ3) is 4.24. The molecule has 2 aromatic rings. The summed E-state index contributed by atoms with van der Waals surface area (Å²) in [4.78, 5) is 10.3. The lowest BCUT2D eigenvalue weighted by molar-refractivity contribution is -0.384. The number of hydrogen-bond acceptors (Lipinski definition) is 5. The molecule has 0 fully saturated rings. The molecule has 9 heteroatoms. The molecule has 0 spiro atoms. The van der Waals surface area contributed by atoms with E-state index in [0.29, 0.717) is 27.9 Å². The van der Waals surface area contributed by atoms with Crippen molar-refractivity contribution in [2.45, 2.75) is 0 Å². The fraction of sp³-hybridized carbons (Fsp3) is 0.133. The van der Waals surface area contributed by atoms with Crippen molar-refractivity contribution in [2.24, 2.45) is 0 Å². The van der Waals surface area contributed by atoms with E-state index >= 15 is 0 Å². The Balaban J connectivity index is 2.18. The zero-order valence-corrected chi connectivity index (χ0v) is 14.4. The smallest absolute Gasteiger partial charge is 0.273 e. The minimum absolute atomic E-state index is 0.0761. The summed E-state index contributed by atoms with van der Waals surface area (Å²) in [6.45, 7) is 0. The van der Waals surface area contributed by atoms with Crippen molar-refractivity contribution in [2.75, 3.05) is 24.9 Å². The van der Waals surface area contributed by atoms with Crippen molar-refractivity contribution in [1.29, 1.82) is 0 Å². The SMILES string of the molecule is COc1ccc(Cl)cc1NC(=S)Nc1ccc([N+](=O)[O-])cc1OC. The molecule has 2 rings (SSSR count). The largest absolute Gasteiger partial charge is 0.495 e. The highest BCUT2D eigenvalue weighted by atomic mass is 35.5. The molecular formula is C15H14ClN3O4S. The summed E-state index contributed by atoms with van der Waals surface area (Å²) in [5.41, 5.74) is 0.998. The average molecular weight is 368 g/mol. The van der Waals surface area contributed by atoms with E-state index < -0.39 is 4.92 Å². The third-order valence-electron chi connectivity index (χ3n) is 3.05. The van der Waals surface area contributed by atoms with Crippen LogP contribution in [0.2, 0.25) is 5.02 Å². The molecule has 0 radical (unpaired) electrons. The summed E-state index contributed by atoms with van der Waals surface area (Å²) in [5.74, 6) is 0.866. The van der Waals surface area contributed by atoms with Crippen LogP contribution in [-0.4, -0.2) is 24.3 Å². The number of nitro benzene ring substituents is 1. The number of anilines is 2. The van der Waals surface area contributed by atoms with Crippen molar-refractivity contribution in [1.82, 2.24) is 0 Å². The molecular weight excluding hydrogens is 354 g/mol. The van der Waals surface area contributed by atoms with E-state index in [1.165, 1.54) is 32.4 Å². The predicted molar refractivity (Wildman–Crippen MR) is 97.5 cm³/mol. The van der Waals surface area contributed by atoms with Crippen LogP contribution in [0.1, 0.15) is 0 Å². The summed E-state index contributed by atoms with van der Waals surface area (Å²) >= 11 is 11.2. The van der Waals surface area contributed by atoms with Gasteiger partial charge in [0.25, 0.3) is 5.69 Å². The van der Waals surface area contributed by atoms with Crippen LogP contribution in [-0.2, 0) is 0 Å². The van der Waals surface area contributed by atoms with Crippen molar-refractivity contribution >= 4 is 46.0 Å². The number of hydrogen-bond donors (Lipinski definition) is 2. The Morgan fingerprint density at radius 1 is 1.08 bits per heavy atom. The molecule has 0 bridgehead atoms. The van der Waals surface area contributed by atoms with Crippen LogP contribution in [0.3, 0.4) is 0 Å². The maximum absolute atomic E-state index is 10.8. The normalized spacial score (nSPS) is 9.96. The number of benzene rings is 2. The third-order valence-corrected chi connectivity index (χ3v) is 3.49. The predicted octanol–water partition coefficient (Wildman–Crippen LogP) is 4.07. The molecule has 0 aromatic heterocycles. The van der Waals surface area contributed by atoms with Gasteiger partial charge in [0.1, 0.15) is 11.5 Å². The highest BCUT2D eigenvalue weighted by Crippen LogP contribution is 2.30. The molecule has 126 valence electrons. The van der Waals surface area contributed by atoms with Crippen LogP contribution >= 0.6 is 23.8 Å². The fourth-order valence-electron chi connectivity index (χ4n) is 1.95. The highest BCUT2D eigenvalue weighted by molar-refractivity contribution is 7.80. The van der Waals surface area contributed by atoms with Gasteiger partial charge in [-0.2, -0.15) is 0 Å². The van der Waals surface area contributed by atoms with Gasteiger partial charge >= 0.3 is 0 Å². The van der Waals surface area contributed by atoms with Gasteiger partial charge in [-0.25, -0.2) is 0 Å². The number of nitrogens with one attached hydrogen (secondary N) is 2. The first kappa shape index (κ1) is 17.8. The fourth-order valence-corrected chi connectivity index (χ4v) is 2.34. The van der Waals surface area contributed by atoms with Crippen LogP contribution in [0.4, 0.5) is 17.1 Å². The first-order valence-electron chi connectivity index (χ1n) is 6.68. The average Bonchev–Trinajstić information content (AvgIpc) is 2.55. The van der Waals surface area contributed by atoms with Crippen molar-refractivity contribution in [3.05, 3.63) is 51.5 Å². The van der Waals surface area contributed by atoms with Gasteiger partial charge in [-0.1, -0.05) is 11.6 Å². The van der Waals surface area contributed by atoms with Gasteiger partial charge in [0.05, 0.1) is 36.6 Å². The van der Waals surface area contributed by atoms with Gasteiger partial charge in [0.15, 0.2) is 5.11 Å². The topological polar surface area (TPSA) is 85.7 Å². The minimum atomic E-state index is -0.500. The number of nitrogens with zero attached hydrogens (tertiary/aromatic N) is 1. The van der Waals surface area contributed by atoms with E-state index in [2.05, 4.69) is 10.6 Å². The molecule has 0 atom stereocenters. The van der Waals surface area contributed by atoms with E-state index in [0.717, 1.165) is 0 Å². The van der Waals surface area contributed by atoms with Gasteiger partial charge in [0.2, 0.25) is 0 Å². The molecule has 0 aliphatic rings. The summed E-state index contributed by atoms with van der Waals surface area (Å²) < 4.78 is 10.4. The molecule has 0 saturated carbocycles. The Kier molecular flexibility index (Phi) is 5.78. The van der Waals surface area contributed by atoms with Gasteiger partial charge in [-0.15, -0.1) is 0 Å². The molecule has 0 unspecified atom stereocenters. The van der Waals surface area contributed by atoms with E-state index in [1.807, 2.05) is 0 Å². The number of halogens is 1. The van der Waals surface area contributed by atoms with Crippen LogP contribution < -0.4 is 20.1 Å². The Morgan fingerprint density at radius 3 is 2.38 bits per heavy atom. The summed E-state index contributed by atoms with van der Waals surface area (Å²) in [5, 5.41) is 17.5. The molecule has 2 N–H and O–H groups in total. The Morgan fingerprint density at radius 2 is 1.75 bits per heavy atom. The van der Waals surface area contributed by atoms with Crippen molar-refractivity contribution < 1.29 is 14.4 Å². The molecule has 0 amide bonds. The molecule has 0 aliphatic heterocycles. The van der Waals surface area contributed by atoms with Crippen molar-refractivity contribution in [3.63, 3.8) is 0 Å². The molecule has 0 aliphatic carbocycles. The second kappa shape index (κ2) is 7.80. The summed E-state index contributed by atoms with van der Waals surface area (Å²) in [6.07, 6.45) is 0. The molecule has 0 saturated heterocycles. The van der Waals surface area contributed by atoms with Crippen molar-refractivity contribution in [3.8, 4) is 11.5 Å². The van der Waals surface area contributed by atoms with Gasteiger partial charge in [-0.05, 0) is 36.5 Å². The standard InChI is InChI=1S/C15H14ClN3O4S/c1-22-13-6-3-9(16)7-12(13)18-15(24)17-11-5-4-10(19(20)21)8-14(11)23-2/h3-8H,1-2H3,(H2,17,18,24). The quantitative estimate of drug-likeness (QED) is 0.468. The second-order valence-corrected chi connectivity index (χ2v) is 5.41. The molecule has 7 nitrogen and oxygen atoms in total. The van der Waals surface area contributed by atoms with E-state index in [4.69, 9.17) is 33.3 Å². The lowest BCUT2D eigenvalue weighted by Crippen LogP contribution is -2.20. The molecule has 2 aromatic carbocycles. The van der Waals surface area contributed by atoms with Gasteiger partial charge in [-0.3, -0.25) is 10.1 Å². The minimum Gasteiger partial charge on any atom is -0.495 e. The van der Waals surface area contributed by atoms with Crippen LogP contribution in [0.5, 0.6) is 11.5 Å². The monoisotopic (exact) mass is 367 g/mol. The van der Waals surface area contributed by atoms with E-state index in [1.54, 1.807) is 18.2 Å². The summed E-state index contributed by atoms with van der Waals surface area (Å²) in [6, 6.07) is 9.25. The van der Waals surface area contributed by atoms with E-state index in [9.17, 15) is 10.1 Å². The maximum atomic E-state index is 10.8. The Bertz CT molecular complexity index is 785. The Hall–Kier alpha value is -2.58. The van der Waals surface area contributed by atoms with Gasteiger partial charge in [0, 0.05) is 11.1 Å². The Labute approximate surface area is 148 Å². The number of ether oxygens (including phenoxy) is 2. The first-order chi connectivity index (χ1) is 11.4. The molecule has 0 heterocycles. The van der Waals surface area contributed by atoms with Crippen LogP contribution in [0.15, 0.2) is 36.4 Å². The highest BCUT2D eigenvalue weighted by Gasteiger charge is 2.13. The van der Waals surface area contributed by atoms with Crippen LogP contribution in [0.25, 0.3) is 0 Å². The molecule has 24 heavy (non-hydrogen) atoms. The lowest BCUT2D eigenvalue weighted by Gasteiger charge is -2.15. The maximum Gasteiger partial charge on any atom is 0.273 e. The number of non-ortho nitro benzene ring substituents is 1. The zero-order chi connectivity index (χ0) is 17.7. The number of methoxy groups -OCH3 is 2. The summed E-state index contributed by atoms with van der Waals surface area (Å²) in [7, 11) is 2.95. The van der Waals surface area contributed by atoms with Gasteiger partial charge < -0.3 is 20.1 Å². The second-order valence-electron chi connectivity index (χ2n) is 4.57. The number of nitro groups is 1. The van der Waals surface area contributed by atoms with Crippen LogP contribution in [0, 0.1) is 10.1 Å². The lowest BCUT2D eigenvalue weighted by atomic mass is 10.2. The number of rotatable bonds is 5. The first-order valence-corrected chi connectivity index (χ1v) is 7.47. The zero-order valence-electron chi connectivity index (χ0n) is 12.8.